The lowest BCUT2D eigenvalue weighted by Gasteiger charge is -2.16. The van der Waals surface area contributed by atoms with Crippen LogP contribution in [-0.2, 0) is 16.6 Å². The molecule has 0 aromatic carbocycles. The number of rotatable bonds is 10. The van der Waals surface area contributed by atoms with Crippen LogP contribution in [0.25, 0.3) is 0 Å². The maximum absolute atomic E-state index is 12.4. The summed E-state index contributed by atoms with van der Waals surface area (Å²) >= 11 is 0. The van der Waals surface area contributed by atoms with Gasteiger partial charge in [0.15, 0.2) is 5.03 Å². The highest BCUT2D eigenvalue weighted by Crippen LogP contribution is 2.14. The van der Waals surface area contributed by atoms with Crippen LogP contribution in [0.5, 0.6) is 0 Å². The molecule has 3 N–H and O–H groups in total. The van der Waals surface area contributed by atoms with Crippen molar-refractivity contribution in [3.8, 4) is 0 Å². The first kappa shape index (κ1) is 17.1. The normalized spacial score (nSPS) is 13.6. The van der Waals surface area contributed by atoms with Crippen LogP contribution in [-0.4, -0.2) is 31.2 Å². The van der Waals surface area contributed by atoms with E-state index < -0.39 is 10.0 Å². The van der Waals surface area contributed by atoms with E-state index in [9.17, 15) is 8.42 Å². The van der Waals surface area contributed by atoms with E-state index in [1.807, 2.05) is 13.8 Å². The van der Waals surface area contributed by atoms with Crippen LogP contribution in [0.15, 0.2) is 11.2 Å². The van der Waals surface area contributed by atoms with E-state index >= 15 is 0 Å². The summed E-state index contributed by atoms with van der Waals surface area (Å²) in [6.07, 6.45) is 5.15. The zero-order valence-corrected chi connectivity index (χ0v) is 13.4. The number of hydrogen-bond donors (Lipinski definition) is 3. The third-order valence-corrected chi connectivity index (χ3v) is 4.68. The lowest BCUT2D eigenvalue weighted by Crippen LogP contribution is -2.35. The first-order valence-electron chi connectivity index (χ1n) is 7.30. The molecule has 0 saturated heterocycles. The van der Waals surface area contributed by atoms with Gasteiger partial charge in [-0.25, -0.2) is 13.1 Å². The number of aromatic amines is 1. The van der Waals surface area contributed by atoms with Crippen molar-refractivity contribution in [2.24, 2.45) is 0 Å². The fourth-order valence-corrected chi connectivity index (χ4v) is 3.51. The Balaban J connectivity index is 2.79. The SMILES string of the molecule is CCCNCc1cn[nH]c1S(=O)(=O)NC(CC)CCC. The first-order chi connectivity index (χ1) is 9.55. The first-order valence-corrected chi connectivity index (χ1v) is 8.78. The molecular weight excluding hydrogens is 276 g/mol. The number of H-pyrrole nitrogens is 1. The van der Waals surface area contributed by atoms with E-state index in [-0.39, 0.29) is 11.1 Å². The second-order valence-electron chi connectivity index (χ2n) is 4.92. The molecule has 7 heteroatoms. The third-order valence-electron chi connectivity index (χ3n) is 3.14. The third kappa shape index (κ3) is 4.88. The van der Waals surface area contributed by atoms with Crippen molar-refractivity contribution in [3.63, 3.8) is 0 Å². The predicted molar refractivity (Wildman–Crippen MR) is 79.9 cm³/mol. The molecule has 0 radical (unpaired) electrons. The van der Waals surface area contributed by atoms with Gasteiger partial charge in [-0.3, -0.25) is 5.10 Å². The molecule has 116 valence electrons. The van der Waals surface area contributed by atoms with Gasteiger partial charge in [0, 0.05) is 18.2 Å². The van der Waals surface area contributed by atoms with E-state index in [0.717, 1.165) is 32.2 Å². The van der Waals surface area contributed by atoms with Gasteiger partial charge < -0.3 is 5.32 Å². The van der Waals surface area contributed by atoms with Crippen molar-refractivity contribution in [1.82, 2.24) is 20.2 Å². The van der Waals surface area contributed by atoms with Crippen LogP contribution in [0.2, 0.25) is 0 Å². The second-order valence-corrected chi connectivity index (χ2v) is 6.57. The van der Waals surface area contributed by atoms with Gasteiger partial charge in [0.1, 0.15) is 0 Å². The minimum Gasteiger partial charge on any atom is -0.313 e. The number of nitrogens with one attached hydrogen (secondary N) is 3. The zero-order chi connectivity index (χ0) is 15.0. The molecule has 0 aliphatic carbocycles. The average molecular weight is 302 g/mol. The molecule has 0 spiro atoms. The summed E-state index contributed by atoms with van der Waals surface area (Å²) < 4.78 is 27.5. The van der Waals surface area contributed by atoms with E-state index in [0.29, 0.717) is 12.1 Å². The largest absolute Gasteiger partial charge is 0.313 e. The smallest absolute Gasteiger partial charge is 0.258 e. The number of nitrogens with zero attached hydrogens (tertiary/aromatic N) is 1. The van der Waals surface area contributed by atoms with Crippen molar-refractivity contribution in [2.75, 3.05) is 6.54 Å². The summed E-state index contributed by atoms with van der Waals surface area (Å²) in [4.78, 5) is 0. The van der Waals surface area contributed by atoms with Gasteiger partial charge in [0.05, 0.1) is 6.20 Å². The lowest BCUT2D eigenvalue weighted by molar-refractivity contribution is 0.509. The summed E-state index contributed by atoms with van der Waals surface area (Å²) in [6.45, 7) is 7.46. The monoisotopic (exact) mass is 302 g/mol. The van der Waals surface area contributed by atoms with Crippen LogP contribution in [0.1, 0.15) is 52.0 Å². The number of sulfonamides is 1. The molecule has 0 fully saturated rings. The molecule has 0 amide bonds. The molecule has 0 aliphatic rings. The van der Waals surface area contributed by atoms with Crippen molar-refractivity contribution >= 4 is 10.0 Å². The van der Waals surface area contributed by atoms with Crippen molar-refractivity contribution < 1.29 is 8.42 Å². The highest BCUT2D eigenvalue weighted by Gasteiger charge is 2.23. The Morgan fingerprint density at radius 2 is 2.05 bits per heavy atom. The molecule has 1 aromatic rings. The quantitative estimate of drug-likeness (QED) is 0.575. The molecule has 1 unspecified atom stereocenters. The average Bonchev–Trinajstić information content (AvgIpc) is 2.87. The Hall–Kier alpha value is -0.920. The summed E-state index contributed by atoms with van der Waals surface area (Å²) in [5.41, 5.74) is 0.678. The van der Waals surface area contributed by atoms with Crippen LogP contribution >= 0.6 is 0 Å². The van der Waals surface area contributed by atoms with Crippen LogP contribution in [0.3, 0.4) is 0 Å². The van der Waals surface area contributed by atoms with Gasteiger partial charge in [-0.15, -0.1) is 0 Å². The van der Waals surface area contributed by atoms with Gasteiger partial charge in [0.25, 0.3) is 10.0 Å². The second kappa shape index (κ2) is 8.39. The maximum atomic E-state index is 12.4. The molecule has 6 nitrogen and oxygen atoms in total. The Morgan fingerprint density at radius 1 is 1.30 bits per heavy atom. The standard InChI is InChI=1S/C13H26N4O2S/c1-4-7-12(6-3)17-20(18,19)13-11(10-15-16-13)9-14-8-5-2/h10,12,14,17H,4-9H2,1-3H3,(H,15,16). The molecular formula is C13H26N4O2S. The highest BCUT2D eigenvalue weighted by molar-refractivity contribution is 7.89. The fourth-order valence-electron chi connectivity index (χ4n) is 2.03. The molecule has 0 saturated carbocycles. The van der Waals surface area contributed by atoms with E-state index in [2.05, 4.69) is 27.2 Å². The molecule has 1 heterocycles. The van der Waals surface area contributed by atoms with Crippen molar-refractivity contribution in [3.05, 3.63) is 11.8 Å². The summed E-state index contributed by atoms with van der Waals surface area (Å²) in [6, 6.07) is -0.0234. The molecule has 1 rings (SSSR count). The molecule has 0 aliphatic heterocycles. The van der Waals surface area contributed by atoms with Crippen LogP contribution < -0.4 is 10.0 Å². The number of hydrogen-bond acceptors (Lipinski definition) is 4. The summed E-state index contributed by atoms with van der Waals surface area (Å²) in [5.74, 6) is 0. The topological polar surface area (TPSA) is 86.9 Å². The zero-order valence-electron chi connectivity index (χ0n) is 12.6. The predicted octanol–water partition coefficient (Wildman–Crippen LogP) is 1.77. The lowest BCUT2D eigenvalue weighted by atomic mass is 10.1. The fraction of sp³-hybridized carbons (Fsp3) is 0.769. The molecule has 0 bridgehead atoms. The highest BCUT2D eigenvalue weighted by atomic mass is 32.2. The molecule has 20 heavy (non-hydrogen) atoms. The van der Waals surface area contributed by atoms with Crippen LogP contribution in [0, 0.1) is 0 Å². The Bertz CT molecular complexity index is 484. The van der Waals surface area contributed by atoms with Crippen LogP contribution in [0.4, 0.5) is 0 Å². The van der Waals surface area contributed by atoms with E-state index in [4.69, 9.17) is 0 Å². The van der Waals surface area contributed by atoms with Gasteiger partial charge in [-0.05, 0) is 25.8 Å². The van der Waals surface area contributed by atoms with Gasteiger partial charge in [0.2, 0.25) is 0 Å². The minimum absolute atomic E-state index is 0.0234. The van der Waals surface area contributed by atoms with Crippen molar-refractivity contribution in [1.29, 1.82) is 0 Å². The Kier molecular flexibility index (Phi) is 7.18. The Morgan fingerprint density at radius 3 is 2.65 bits per heavy atom. The van der Waals surface area contributed by atoms with Gasteiger partial charge in [-0.2, -0.15) is 5.10 Å². The van der Waals surface area contributed by atoms with Gasteiger partial charge in [-0.1, -0.05) is 27.2 Å². The van der Waals surface area contributed by atoms with Crippen molar-refractivity contribution in [2.45, 2.75) is 64.1 Å². The molecule has 1 atom stereocenters. The summed E-state index contributed by atoms with van der Waals surface area (Å²) in [5, 5.41) is 9.83. The van der Waals surface area contributed by atoms with Gasteiger partial charge >= 0.3 is 0 Å². The van der Waals surface area contributed by atoms with E-state index in [1.54, 1.807) is 6.20 Å². The summed E-state index contributed by atoms with van der Waals surface area (Å²) in [7, 11) is -3.53. The van der Waals surface area contributed by atoms with E-state index in [1.165, 1.54) is 0 Å². The maximum Gasteiger partial charge on any atom is 0.258 e. The number of aromatic nitrogens is 2. The minimum atomic E-state index is -3.53. The molecule has 1 aromatic heterocycles. The Labute approximate surface area is 121 Å².